The summed E-state index contributed by atoms with van der Waals surface area (Å²) in [6, 6.07) is -3.75. The molecule has 0 aliphatic carbocycles. The number of unbranched alkanes of at least 4 members (excludes halogenated alkanes) is 1. The predicted octanol–water partition coefficient (Wildman–Crippen LogP) is -0.289. The average Bonchev–Trinajstić information content (AvgIpc) is 2.73. The molecule has 0 aromatic carbocycles. The summed E-state index contributed by atoms with van der Waals surface area (Å²) < 4.78 is 0. The van der Waals surface area contributed by atoms with Crippen molar-refractivity contribution < 1.29 is 24.3 Å². The van der Waals surface area contributed by atoms with E-state index in [2.05, 4.69) is 28.6 Å². The van der Waals surface area contributed by atoms with Crippen LogP contribution in [-0.2, 0) is 19.2 Å². The highest BCUT2D eigenvalue weighted by molar-refractivity contribution is 7.98. The number of thioether (sulfide) groups is 1. The van der Waals surface area contributed by atoms with Crippen LogP contribution in [0.15, 0.2) is 0 Å². The zero-order valence-corrected chi connectivity index (χ0v) is 20.8. The van der Waals surface area contributed by atoms with Gasteiger partial charge in [-0.1, -0.05) is 13.8 Å². The first kappa shape index (κ1) is 30.5. The summed E-state index contributed by atoms with van der Waals surface area (Å²) in [4.78, 5) is 49.5. The number of hydrogen-bond donors (Lipinski definition) is 7. The van der Waals surface area contributed by atoms with Crippen molar-refractivity contribution in [3.05, 3.63) is 0 Å². The van der Waals surface area contributed by atoms with Gasteiger partial charge in [0.05, 0.1) is 6.04 Å². The van der Waals surface area contributed by atoms with Gasteiger partial charge in [0.25, 0.3) is 0 Å². The maximum Gasteiger partial charge on any atom is 0.326 e. The largest absolute Gasteiger partial charge is 0.480 e. The molecule has 0 saturated heterocycles. The molecule has 0 bridgehead atoms. The molecule has 4 unspecified atom stereocenters. The van der Waals surface area contributed by atoms with Crippen LogP contribution < -0.4 is 27.4 Å². The van der Waals surface area contributed by atoms with Gasteiger partial charge in [0.1, 0.15) is 18.1 Å². The number of nitrogens with one attached hydrogen (secondary N) is 3. The van der Waals surface area contributed by atoms with Gasteiger partial charge in [-0.2, -0.15) is 24.4 Å². The highest BCUT2D eigenvalue weighted by Crippen LogP contribution is 2.09. The minimum atomic E-state index is -1.13. The van der Waals surface area contributed by atoms with E-state index in [0.717, 1.165) is 0 Å². The first-order valence-corrected chi connectivity index (χ1v) is 12.8. The second-order valence-electron chi connectivity index (χ2n) is 8.01. The van der Waals surface area contributed by atoms with Gasteiger partial charge >= 0.3 is 5.97 Å². The number of thiol groups is 1. The van der Waals surface area contributed by atoms with E-state index in [4.69, 9.17) is 11.5 Å². The van der Waals surface area contributed by atoms with Crippen molar-refractivity contribution in [1.29, 1.82) is 0 Å². The number of aliphatic carboxylic acids is 1. The van der Waals surface area contributed by atoms with E-state index in [1.807, 2.05) is 20.1 Å². The summed E-state index contributed by atoms with van der Waals surface area (Å²) in [6.07, 6.45) is 4.00. The summed E-state index contributed by atoms with van der Waals surface area (Å²) in [6.45, 7) is 4.15. The van der Waals surface area contributed by atoms with Gasteiger partial charge in [-0.15, -0.1) is 0 Å². The zero-order valence-electron chi connectivity index (χ0n) is 19.1. The molecular weight excluding hydrogens is 454 g/mol. The van der Waals surface area contributed by atoms with Gasteiger partial charge in [-0.25, -0.2) is 4.79 Å². The van der Waals surface area contributed by atoms with Gasteiger partial charge in [0.2, 0.25) is 17.7 Å². The van der Waals surface area contributed by atoms with Crippen LogP contribution in [0.1, 0.15) is 46.0 Å². The van der Waals surface area contributed by atoms with E-state index >= 15 is 0 Å². The van der Waals surface area contributed by atoms with E-state index in [1.54, 1.807) is 0 Å². The molecular formula is C20H39N5O5S2. The lowest BCUT2D eigenvalue weighted by Gasteiger charge is -2.25. The van der Waals surface area contributed by atoms with Gasteiger partial charge < -0.3 is 32.5 Å². The molecule has 12 heteroatoms. The van der Waals surface area contributed by atoms with Crippen LogP contribution in [0.4, 0.5) is 0 Å². The summed E-state index contributed by atoms with van der Waals surface area (Å²) in [7, 11) is 0. The van der Waals surface area contributed by atoms with Gasteiger partial charge in [-0.3, -0.25) is 14.4 Å². The van der Waals surface area contributed by atoms with E-state index in [0.29, 0.717) is 38.0 Å². The van der Waals surface area contributed by atoms with Crippen molar-refractivity contribution >= 4 is 48.1 Å². The molecule has 3 amide bonds. The van der Waals surface area contributed by atoms with Crippen molar-refractivity contribution in [3.8, 4) is 0 Å². The highest BCUT2D eigenvalue weighted by Gasteiger charge is 2.30. The molecule has 32 heavy (non-hydrogen) atoms. The van der Waals surface area contributed by atoms with Crippen molar-refractivity contribution in [1.82, 2.24) is 16.0 Å². The van der Waals surface area contributed by atoms with Crippen LogP contribution in [0.25, 0.3) is 0 Å². The lowest BCUT2D eigenvalue weighted by Crippen LogP contribution is -2.57. The molecule has 0 heterocycles. The maximum atomic E-state index is 12.9. The molecule has 0 aromatic rings. The maximum absolute atomic E-state index is 12.9. The predicted molar refractivity (Wildman–Crippen MR) is 131 cm³/mol. The fourth-order valence-corrected chi connectivity index (χ4v) is 3.50. The molecule has 8 N–H and O–H groups in total. The standard InChI is InChI=1S/C20H39N5O5S2/c1-12(2)10-16(20(29)30)25-18(27)14(6-4-5-8-21)24-19(28)15(7-9-32-3)23-17(26)13(22)11-31/h12-16,31H,4-11,21-22H2,1-3H3,(H,23,26)(H,24,28)(H,25,27)(H,29,30). The topological polar surface area (TPSA) is 177 Å². The van der Waals surface area contributed by atoms with Crippen LogP contribution in [0, 0.1) is 5.92 Å². The Bertz CT molecular complexity index is 609. The Kier molecular flexibility index (Phi) is 16.2. The van der Waals surface area contributed by atoms with Gasteiger partial charge in [0, 0.05) is 5.75 Å². The quantitative estimate of drug-likeness (QED) is 0.107. The number of nitrogens with two attached hydrogens (primary N) is 2. The number of carboxylic acid groups (broad SMARTS) is 1. The third-order valence-corrected chi connectivity index (χ3v) is 5.72. The molecule has 0 radical (unpaired) electrons. The van der Waals surface area contributed by atoms with Crippen molar-refractivity contribution in [2.45, 2.75) is 70.1 Å². The molecule has 0 aliphatic rings. The summed E-state index contributed by atoms with van der Waals surface area (Å²) in [5, 5.41) is 17.2. The molecule has 0 spiro atoms. The van der Waals surface area contributed by atoms with Crippen LogP contribution in [0.2, 0.25) is 0 Å². The van der Waals surface area contributed by atoms with E-state index in [9.17, 15) is 24.3 Å². The van der Waals surface area contributed by atoms with E-state index in [-0.39, 0.29) is 18.1 Å². The third kappa shape index (κ3) is 12.5. The second-order valence-corrected chi connectivity index (χ2v) is 9.36. The van der Waals surface area contributed by atoms with Crippen LogP contribution in [0.3, 0.4) is 0 Å². The Morgan fingerprint density at radius 1 is 0.938 bits per heavy atom. The Balaban J connectivity index is 5.41. The van der Waals surface area contributed by atoms with Crippen LogP contribution in [-0.4, -0.2) is 77.3 Å². The van der Waals surface area contributed by atoms with Crippen LogP contribution >= 0.6 is 24.4 Å². The first-order valence-electron chi connectivity index (χ1n) is 10.8. The monoisotopic (exact) mass is 493 g/mol. The van der Waals surface area contributed by atoms with Gasteiger partial charge in [0.15, 0.2) is 0 Å². The summed E-state index contributed by atoms with van der Waals surface area (Å²) >= 11 is 5.51. The third-order valence-electron chi connectivity index (χ3n) is 4.68. The molecule has 186 valence electrons. The average molecular weight is 494 g/mol. The molecule has 0 rings (SSSR count). The number of carbonyl (C=O) groups is 4. The molecule has 0 fully saturated rings. The fraction of sp³-hybridized carbons (Fsp3) is 0.800. The molecule has 0 saturated carbocycles. The van der Waals surface area contributed by atoms with Crippen molar-refractivity contribution in [2.75, 3.05) is 24.3 Å². The smallest absolute Gasteiger partial charge is 0.326 e. The molecule has 0 aromatic heterocycles. The Labute approximate surface area is 200 Å². The fourth-order valence-electron chi connectivity index (χ4n) is 2.87. The number of amides is 3. The minimum Gasteiger partial charge on any atom is -0.480 e. The number of carboxylic acids is 1. The Morgan fingerprint density at radius 2 is 1.47 bits per heavy atom. The van der Waals surface area contributed by atoms with Crippen molar-refractivity contribution in [2.24, 2.45) is 17.4 Å². The number of carbonyl (C=O) groups excluding carboxylic acids is 3. The molecule has 0 aliphatic heterocycles. The lowest BCUT2D eigenvalue weighted by atomic mass is 10.0. The second kappa shape index (κ2) is 17.0. The van der Waals surface area contributed by atoms with Gasteiger partial charge in [-0.05, 0) is 56.6 Å². The Hall–Kier alpha value is -1.50. The Morgan fingerprint density at radius 3 is 1.94 bits per heavy atom. The summed E-state index contributed by atoms with van der Waals surface area (Å²) in [5.41, 5.74) is 11.2. The first-order chi connectivity index (χ1) is 15.1. The lowest BCUT2D eigenvalue weighted by molar-refractivity contribution is -0.142. The number of rotatable bonds is 17. The zero-order chi connectivity index (χ0) is 24.7. The van der Waals surface area contributed by atoms with E-state index < -0.39 is 47.9 Å². The summed E-state index contributed by atoms with van der Waals surface area (Å²) in [5.74, 6) is -1.96. The number of hydrogen-bond acceptors (Lipinski definition) is 8. The highest BCUT2D eigenvalue weighted by atomic mass is 32.2. The molecule has 10 nitrogen and oxygen atoms in total. The molecule has 4 atom stereocenters. The van der Waals surface area contributed by atoms with E-state index in [1.165, 1.54) is 11.8 Å². The van der Waals surface area contributed by atoms with Crippen LogP contribution in [0.5, 0.6) is 0 Å². The SMILES string of the molecule is CSCCC(NC(=O)C(N)CS)C(=O)NC(CCCCN)C(=O)NC(CC(C)C)C(=O)O. The normalized spacial score (nSPS) is 14.8. The minimum absolute atomic E-state index is 0.0591. The van der Waals surface area contributed by atoms with Crippen molar-refractivity contribution in [3.63, 3.8) is 0 Å².